The number of aryl methyl sites for hydroxylation is 2. The van der Waals surface area contributed by atoms with Crippen LogP contribution in [0.1, 0.15) is 39.3 Å². The fraction of sp³-hybridized carbons (Fsp3) is 0.280. The van der Waals surface area contributed by atoms with Gasteiger partial charge < -0.3 is 13.9 Å². The maximum atomic E-state index is 13.1. The molecule has 2 heterocycles. The van der Waals surface area contributed by atoms with Gasteiger partial charge in [0.1, 0.15) is 18.2 Å². The molecule has 0 aliphatic heterocycles. The van der Waals surface area contributed by atoms with E-state index >= 15 is 0 Å². The normalized spacial score (nSPS) is 11.6. The third kappa shape index (κ3) is 5.55. The molecule has 8 nitrogen and oxygen atoms in total. The molecule has 0 atom stereocenters. The van der Waals surface area contributed by atoms with Crippen molar-refractivity contribution in [2.24, 2.45) is 5.10 Å². The highest BCUT2D eigenvalue weighted by Gasteiger charge is 2.30. The Balaban J connectivity index is 1.79. The number of hydrazone groups is 1. The number of nitriles is 1. The molecule has 188 valence electrons. The summed E-state index contributed by atoms with van der Waals surface area (Å²) in [5.41, 5.74) is 4.06. The van der Waals surface area contributed by atoms with Gasteiger partial charge >= 0.3 is 6.18 Å². The van der Waals surface area contributed by atoms with E-state index in [0.29, 0.717) is 33.9 Å². The van der Waals surface area contributed by atoms with Crippen molar-refractivity contribution in [3.8, 4) is 11.8 Å². The number of rotatable bonds is 7. The second kappa shape index (κ2) is 10.6. The van der Waals surface area contributed by atoms with Gasteiger partial charge in [-0.25, -0.2) is 5.43 Å². The van der Waals surface area contributed by atoms with Crippen molar-refractivity contribution in [1.29, 1.82) is 5.26 Å². The van der Waals surface area contributed by atoms with Gasteiger partial charge in [0.05, 0.1) is 18.4 Å². The summed E-state index contributed by atoms with van der Waals surface area (Å²) in [5, 5.41) is 13.3. The van der Waals surface area contributed by atoms with Crippen LogP contribution in [0.3, 0.4) is 0 Å². The molecular formula is C25H24F3N5O3. The first-order valence-corrected chi connectivity index (χ1v) is 10.8. The van der Waals surface area contributed by atoms with Crippen molar-refractivity contribution in [2.45, 2.75) is 40.1 Å². The van der Waals surface area contributed by atoms with Crippen LogP contribution >= 0.6 is 0 Å². The molecule has 0 aliphatic carbocycles. The second-order valence-corrected chi connectivity index (χ2v) is 8.13. The minimum absolute atomic E-state index is 0.0925. The van der Waals surface area contributed by atoms with E-state index in [1.54, 1.807) is 43.5 Å². The van der Waals surface area contributed by atoms with E-state index in [-0.39, 0.29) is 18.7 Å². The van der Waals surface area contributed by atoms with E-state index in [4.69, 9.17) is 4.74 Å². The van der Waals surface area contributed by atoms with Crippen LogP contribution in [0, 0.1) is 32.1 Å². The lowest BCUT2D eigenvalue weighted by atomic mass is 10.1. The van der Waals surface area contributed by atoms with Crippen molar-refractivity contribution < 1.29 is 22.7 Å². The van der Waals surface area contributed by atoms with Crippen LogP contribution in [0.2, 0.25) is 0 Å². The molecular weight excluding hydrogens is 475 g/mol. The molecule has 0 saturated heterocycles. The quantitative estimate of drug-likeness (QED) is 0.395. The van der Waals surface area contributed by atoms with Gasteiger partial charge in [-0.15, -0.1) is 0 Å². The minimum atomic E-state index is -4.46. The van der Waals surface area contributed by atoms with Gasteiger partial charge in [-0.1, -0.05) is 6.07 Å². The number of alkyl halides is 3. The molecule has 1 aromatic carbocycles. The zero-order chi connectivity index (χ0) is 26.6. The number of hydrogen-bond donors (Lipinski definition) is 1. The molecule has 0 bridgehead atoms. The molecule has 36 heavy (non-hydrogen) atoms. The van der Waals surface area contributed by atoms with Gasteiger partial charge in [0, 0.05) is 41.0 Å². The lowest BCUT2D eigenvalue weighted by molar-refractivity contribution is -0.137. The molecule has 0 fully saturated rings. The predicted molar refractivity (Wildman–Crippen MR) is 127 cm³/mol. The van der Waals surface area contributed by atoms with Crippen LogP contribution < -0.4 is 11.0 Å². The molecule has 3 aromatic rings. The number of carbonyl (C=O) groups excluding carboxylic acids is 1. The molecule has 1 amide bonds. The molecule has 0 spiro atoms. The van der Waals surface area contributed by atoms with Gasteiger partial charge in [-0.2, -0.15) is 23.5 Å². The number of benzene rings is 1. The van der Waals surface area contributed by atoms with Crippen LogP contribution in [-0.4, -0.2) is 28.4 Å². The van der Waals surface area contributed by atoms with Gasteiger partial charge in [-0.3, -0.25) is 9.59 Å². The summed E-state index contributed by atoms with van der Waals surface area (Å²) in [4.78, 5) is 25.1. The highest BCUT2D eigenvalue weighted by atomic mass is 19.4. The molecule has 11 heteroatoms. The van der Waals surface area contributed by atoms with Crippen LogP contribution in [0.25, 0.3) is 5.69 Å². The summed E-state index contributed by atoms with van der Waals surface area (Å²) in [7, 11) is 1.45. The number of pyridine rings is 1. The maximum absolute atomic E-state index is 13.1. The Morgan fingerprint density at radius 1 is 1.19 bits per heavy atom. The number of aromatic nitrogens is 2. The van der Waals surface area contributed by atoms with E-state index < -0.39 is 23.2 Å². The maximum Gasteiger partial charge on any atom is 0.416 e. The van der Waals surface area contributed by atoms with Crippen molar-refractivity contribution in [3.05, 3.63) is 86.1 Å². The molecule has 0 radical (unpaired) electrons. The van der Waals surface area contributed by atoms with E-state index in [0.717, 1.165) is 12.1 Å². The van der Waals surface area contributed by atoms with Crippen molar-refractivity contribution >= 4 is 12.1 Å². The molecule has 0 saturated carbocycles. The first-order chi connectivity index (χ1) is 17.0. The van der Waals surface area contributed by atoms with E-state index in [1.165, 1.54) is 24.0 Å². The third-order valence-electron chi connectivity index (χ3n) is 5.60. The topological polar surface area (TPSA) is 101 Å². The van der Waals surface area contributed by atoms with Crippen LogP contribution in [0.4, 0.5) is 13.2 Å². The number of hydrogen-bond acceptors (Lipinski definition) is 5. The van der Waals surface area contributed by atoms with Crippen LogP contribution in [-0.2, 0) is 28.9 Å². The zero-order valence-electron chi connectivity index (χ0n) is 20.1. The Hall–Kier alpha value is -4.17. The lowest BCUT2D eigenvalue weighted by Crippen LogP contribution is -2.33. The summed E-state index contributed by atoms with van der Waals surface area (Å²) >= 11 is 0. The molecule has 2 aromatic heterocycles. The second-order valence-electron chi connectivity index (χ2n) is 8.13. The Kier molecular flexibility index (Phi) is 7.80. The smallest absolute Gasteiger partial charge is 0.380 e. The molecule has 1 N–H and O–H groups in total. The van der Waals surface area contributed by atoms with Gasteiger partial charge in [0.15, 0.2) is 0 Å². The Bertz CT molecular complexity index is 1430. The average Bonchev–Trinajstić information content (AvgIpc) is 3.09. The fourth-order valence-corrected chi connectivity index (χ4v) is 3.91. The Labute approximate surface area is 205 Å². The SMILES string of the molecule is COCc1cc(C)n(CC(=O)N/N=C/c2cc(C)n(-c3cccc(C(F)(F)F)c3)c2C)c(=O)c1C#N. The summed E-state index contributed by atoms with van der Waals surface area (Å²) in [5.74, 6) is -0.591. The number of ether oxygens (including phenoxy) is 1. The first kappa shape index (κ1) is 26.4. The molecule has 0 aliphatic rings. The van der Waals surface area contributed by atoms with Crippen molar-refractivity contribution in [3.63, 3.8) is 0 Å². The fourth-order valence-electron chi connectivity index (χ4n) is 3.91. The number of nitrogens with one attached hydrogen (secondary N) is 1. The standard InChI is InChI=1S/C25H24F3N5O3/c1-15-8-19(14-36-4)22(11-29)24(35)32(15)13-23(34)31-30-12-18-9-16(2)33(17(18)3)21-7-5-6-20(10-21)25(26,27)28/h5-10,12H,13-14H2,1-4H3,(H,31,34)/b30-12+. The number of methoxy groups -OCH3 is 1. The number of halogens is 3. The summed E-state index contributed by atoms with van der Waals surface area (Å²) in [6.07, 6.45) is -3.08. The summed E-state index contributed by atoms with van der Waals surface area (Å²) in [6.45, 7) is 4.85. The number of nitrogens with zero attached hydrogens (tertiary/aromatic N) is 4. The molecule has 3 rings (SSSR count). The van der Waals surface area contributed by atoms with Crippen molar-refractivity contribution in [2.75, 3.05) is 7.11 Å². The van der Waals surface area contributed by atoms with E-state index in [2.05, 4.69) is 10.5 Å². The van der Waals surface area contributed by atoms with E-state index in [1.807, 2.05) is 6.07 Å². The number of amides is 1. The minimum Gasteiger partial charge on any atom is -0.380 e. The largest absolute Gasteiger partial charge is 0.416 e. The van der Waals surface area contributed by atoms with Crippen LogP contribution in [0.15, 0.2) is 46.3 Å². The zero-order valence-corrected chi connectivity index (χ0v) is 20.1. The first-order valence-electron chi connectivity index (χ1n) is 10.8. The lowest BCUT2D eigenvalue weighted by Gasteiger charge is -2.13. The van der Waals surface area contributed by atoms with E-state index in [9.17, 15) is 28.0 Å². The molecule has 0 unspecified atom stereocenters. The monoisotopic (exact) mass is 499 g/mol. The van der Waals surface area contributed by atoms with Gasteiger partial charge in [-0.05, 0) is 51.1 Å². The Morgan fingerprint density at radius 2 is 1.92 bits per heavy atom. The van der Waals surface area contributed by atoms with Gasteiger partial charge in [0.2, 0.25) is 0 Å². The highest BCUT2D eigenvalue weighted by Crippen LogP contribution is 2.31. The summed E-state index contributed by atoms with van der Waals surface area (Å²) in [6, 6.07) is 10.2. The van der Waals surface area contributed by atoms with Gasteiger partial charge in [0.25, 0.3) is 11.5 Å². The average molecular weight is 499 g/mol. The third-order valence-corrected chi connectivity index (χ3v) is 5.60. The highest BCUT2D eigenvalue weighted by molar-refractivity contribution is 5.84. The summed E-state index contributed by atoms with van der Waals surface area (Å²) < 4.78 is 47.2. The Morgan fingerprint density at radius 3 is 2.56 bits per heavy atom. The number of carbonyl (C=O) groups is 1. The predicted octanol–water partition coefficient (Wildman–Crippen LogP) is 3.75. The van der Waals surface area contributed by atoms with Crippen LogP contribution in [0.5, 0.6) is 0 Å². The van der Waals surface area contributed by atoms with Crippen molar-refractivity contribution in [1.82, 2.24) is 14.6 Å².